The van der Waals surface area contributed by atoms with Crippen molar-refractivity contribution in [2.75, 3.05) is 13.7 Å². The first kappa shape index (κ1) is 16.4. The number of aromatic nitrogens is 2. The van der Waals surface area contributed by atoms with Crippen molar-refractivity contribution in [3.63, 3.8) is 0 Å². The molecule has 110 valence electrons. The summed E-state index contributed by atoms with van der Waals surface area (Å²) in [6.07, 6.45) is 2.23. The van der Waals surface area contributed by atoms with Crippen LogP contribution in [0.1, 0.15) is 50.9 Å². The number of rotatable bonds is 7. The minimum absolute atomic E-state index is 0.253. The fraction of sp³-hybridized carbons (Fsp3) is 0.667. The van der Waals surface area contributed by atoms with Gasteiger partial charge >= 0.3 is 0 Å². The van der Waals surface area contributed by atoms with E-state index in [1.54, 1.807) is 7.11 Å². The van der Waals surface area contributed by atoms with Gasteiger partial charge in [-0.1, -0.05) is 13.8 Å². The third-order valence-corrected chi connectivity index (χ3v) is 3.42. The molecular weight excluding hydrogens is 254 g/mol. The molecule has 1 aromatic heterocycles. The predicted octanol–water partition coefficient (Wildman–Crippen LogP) is 2.67. The van der Waals surface area contributed by atoms with Gasteiger partial charge in [0.15, 0.2) is 0 Å². The van der Waals surface area contributed by atoms with Crippen molar-refractivity contribution in [3.8, 4) is 11.9 Å². The molecule has 0 amide bonds. The van der Waals surface area contributed by atoms with Gasteiger partial charge in [-0.2, -0.15) is 10.4 Å². The van der Waals surface area contributed by atoms with E-state index in [9.17, 15) is 5.26 Å². The van der Waals surface area contributed by atoms with E-state index in [1.165, 1.54) is 0 Å². The second-order valence-corrected chi connectivity index (χ2v) is 5.19. The van der Waals surface area contributed by atoms with E-state index in [1.807, 2.05) is 27.7 Å². The number of ether oxygens (including phenoxy) is 2. The lowest BCUT2D eigenvalue weighted by Crippen LogP contribution is -2.25. The summed E-state index contributed by atoms with van der Waals surface area (Å²) in [6.45, 7) is 8.44. The van der Waals surface area contributed by atoms with Crippen LogP contribution in [0.3, 0.4) is 0 Å². The van der Waals surface area contributed by atoms with Gasteiger partial charge < -0.3 is 9.47 Å². The highest BCUT2D eigenvalue weighted by Gasteiger charge is 2.19. The van der Waals surface area contributed by atoms with E-state index in [0.717, 1.165) is 24.1 Å². The van der Waals surface area contributed by atoms with Gasteiger partial charge in [0, 0.05) is 13.5 Å². The minimum atomic E-state index is -0.253. The predicted molar refractivity (Wildman–Crippen MR) is 76.7 cm³/mol. The fourth-order valence-electron chi connectivity index (χ4n) is 1.87. The second kappa shape index (κ2) is 7.20. The molecule has 1 heterocycles. The zero-order valence-electron chi connectivity index (χ0n) is 13.0. The van der Waals surface area contributed by atoms with Gasteiger partial charge in [-0.3, -0.25) is 0 Å². The van der Waals surface area contributed by atoms with Crippen molar-refractivity contribution in [3.05, 3.63) is 16.8 Å². The first-order valence-corrected chi connectivity index (χ1v) is 6.95. The van der Waals surface area contributed by atoms with Gasteiger partial charge in [0.1, 0.15) is 11.6 Å². The SMILES string of the molecule is CCc1nnc(OCCC(C)(C)OC)c(C#N)c1CC. The highest BCUT2D eigenvalue weighted by molar-refractivity contribution is 5.46. The fourth-order valence-corrected chi connectivity index (χ4v) is 1.87. The molecule has 0 saturated carbocycles. The zero-order chi connectivity index (χ0) is 15.2. The molecule has 0 radical (unpaired) electrons. The molecule has 0 aromatic carbocycles. The monoisotopic (exact) mass is 277 g/mol. The van der Waals surface area contributed by atoms with E-state index in [2.05, 4.69) is 16.3 Å². The average Bonchev–Trinajstić information content (AvgIpc) is 2.46. The molecule has 0 saturated heterocycles. The molecule has 1 aromatic rings. The van der Waals surface area contributed by atoms with Crippen LogP contribution in [0.4, 0.5) is 0 Å². The lowest BCUT2D eigenvalue weighted by atomic mass is 10.0. The Bertz CT molecular complexity index is 493. The van der Waals surface area contributed by atoms with Crippen LogP contribution in [-0.4, -0.2) is 29.5 Å². The van der Waals surface area contributed by atoms with Gasteiger partial charge in [0.25, 0.3) is 5.88 Å². The van der Waals surface area contributed by atoms with Gasteiger partial charge in [0.2, 0.25) is 0 Å². The Morgan fingerprint density at radius 2 is 1.90 bits per heavy atom. The van der Waals surface area contributed by atoms with Gasteiger partial charge in [0.05, 0.1) is 17.9 Å². The van der Waals surface area contributed by atoms with E-state index in [4.69, 9.17) is 9.47 Å². The van der Waals surface area contributed by atoms with Crippen LogP contribution in [0.5, 0.6) is 5.88 Å². The lowest BCUT2D eigenvalue weighted by molar-refractivity contribution is 0.00496. The molecule has 1 rings (SSSR count). The summed E-state index contributed by atoms with van der Waals surface area (Å²) >= 11 is 0. The number of nitriles is 1. The zero-order valence-corrected chi connectivity index (χ0v) is 13.0. The van der Waals surface area contributed by atoms with Gasteiger partial charge in [-0.15, -0.1) is 5.10 Å². The van der Waals surface area contributed by atoms with Crippen molar-refractivity contribution >= 4 is 0 Å². The van der Waals surface area contributed by atoms with Gasteiger partial charge in [-0.25, -0.2) is 0 Å². The normalized spacial score (nSPS) is 11.2. The molecule has 0 aliphatic heterocycles. The molecule has 0 atom stereocenters. The summed E-state index contributed by atoms with van der Waals surface area (Å²) in [7, 11) is 1.67. The lowest BCUT2D eigenvalue weighted by Gasteiger charge is -2.22. The number of hydrogen-bond acceptors (Lipinski definition) is 5. The molecule has 0 aliphatic rings. The summed E-state index contributed by atoms with van der Waals surface area (Å²) in [5.74, 6) is 0.327. The van der Waals surface area contributed by atoms with Crippen LogP contribution in [0.2, 0.25) is 0 Å². The van der Waals surface area contributed by atoms with E-state index < -0.39 is 0 Å². The maximum Gasteiger partial charge on any atom is 0.251 e. The molecule has 0 N–H and O–H groups in total. The average molecular weight is 277 g/mol. The topological polar surface area (TPSA) is 68.0 Å². The maximum atomic E-state index is 9.33. The standard InChI is InChI=1S/C15H23N3O2/c1-6-11-12(10-16)14(18-17-13(11)7-2)20-9-8-15(3,4)19-5/h6-9H2,1-5H3. The summed E-state index contributed by atoms with van der Waals surface area (Å²) in [5, 5.41) is 17.5. The minimum Gasteiger partial charge on any atom is -0.476 e. The van der Waals surface area contributed by atoms with Crippen molar-refractivity contribution in [1.29, 1.82) is 5.26 Å². The van der Waals surface area contributed by atoms with Gasteiger partial charge in [-0.05, 0) is 32.3 Å². The van der Waals surface area contributed by atoms with E-state index in [0.29, 0.717) is 24.5 Å². The number of nitrogens with zero attached hydrogens (tertiary/aromatic N) is 3. The van der Waals surface area contributed by atoms with Crippen LogP contribution in [0.25, 0.3) is 0 Å². The number of methoxy groups -OCH3 is 1. The van der Waals surface area contributed by atoms with Crippen LogP contribution in [0.15, 0.2) is 0 Å². The number of aryl methyl sites for hydroxylation is 1. The molecule has 0 aliphatic carbocycles. The Balaban J connectivity index is 2.89. The Hall–Kier alpha value is -1.67. The summed E-state index contributed by atoms with van der Waals surface area (Å²) in [4.78, 5) is 0. The Kier molecular flexibility index (Phi) is 5.90. The van der Waals surface area contributed by atoms with Crippen molar-refractivity contribution < 1.29 is 9.47 Å². The molecule has 0 spiro atoms. The molecule has 5 nitrogen and oxygen atoms in total. The number of hydrogen-bond donors (Lipinski definition) is 0. The second-order valence-electron chi connectivity index (χ2n) is 5.19. The Labute approximate surface area is 120 Å². The first-order chi connectivity index (χ1) is 9.49. The quantitative estimate of drug-likeness (QED) is 0.766. The molecule has 0 unspecified atom stereocenters. The van der Waals surface area contributed by atoms with Crippen LogP contribution < -0.4 is 4.74 Å². The molecule has 0 bridgehead atoms. The molecule has 5 heteroatoms. The third-order valence-electron chi connectivity index (χ3n) is 3.42. The van der Waals surface area contributed by atoms with E-state index >= 15 is 0 Å². The molecule has 20 heavy (non-hydrogen) atoms. The summed E-state index contributed by atoms with van der Waals surface area (Å²) in [5.41, 5.74) is 2.06. The Morgan fingerprint density at radius 3 is 2.40 bits per heavy atom. The van der Waals surface area contributed by atoms with Crippen molar-refractivity contribution in [2.45, 2.75) is 52.6 Å². The van der Waals surface area contributed by atoms with Crippen LogP contribution >= 0.6 is 0 Å². The van der Waals surface area contributed by atoms with E-state index in [-0.39, 0.29) is 5.60 Å². The van der Waals surface area contributed by atoms with Crippen LogP contribution in [0, 0.1) is 11.3 Å². The maximum absolute atomic E-state index is 9.33. The smallest absolute Gasteiger partial charge is 0.251 e. The Morgan fingerprint density at radius 1 is 1.20 bits per heavy atom. The summed E-state index contributed by atoms with van der Waals surface area (Å²) in [6, 6.07) is 2.19. The molecule has 0 fully saturated rings. The van der Waals surface area contributed by atoms with Crippen LogP contribution in [-0.2, 0) is 17.6 Å². The first-order valence-electron chi connectivity index (χ1n) is 6.95. The summed E-state index contributed by atoms with van der Waals surface area (Å²) < 4.78 is 11.0. The highest BCUT2D eigenvalue weighted by atomic mass is 16.5. The van der Waals surface area contributed by atoms with Crippen molar-refractivity contribution in [2.24, 2.45) is 0 Å². The highest BCUT2D eigenvalue weighted by Crippen LogP contribution is 2.22. The van der Waals surface area contributed by atoms with Crippen molar-refractivity contribution in [1.82, 2.24) is 10.2 Å². The molecular formula is C15H23N3O2. The third kappa shape index (κ3) is 3.91. The largest absolute Gasteiger partial charge is 0.476 e.